The summed E-state index contributed by atoms with van der Waals surface area (Å²) in [6.45, 7) is 3.63. The van der Waals surface area contributed by atoms with Gasteiger partial charge in [-0.1, -0.05) is 12.6 Å². The first-order valence-electron chi connectivity index (χ1n) is 9.45. The Balaban J connectivity index is 1.58. The van der Waals surface area contributed by atoms with Crippen molar-refractivity contribution >= 4 is 29.7 Å². The number of amides is 2. The second-order valence-corrected chi connectivity index (χ2v) is 6.79. The molecule has 9 heteroatoms. The molecule has 2 aliphatic rings. The van der Waals surface area contributed by atoms with Crippen molar-refractivity contribution in [2.45, 2.75) is 0 Å². The Morgan fingerprint density at radius 3 is 2.68 bits per heavy atom. The van der Waals surface area contributed by atoms with Crippen LogP contribution < -0.4 is 16.5 Å². The molecule has 0 bridgehead atoms. The fourth-order valence-corrected chi connectivity index (χ4v) is 3.22. The van der Waals surface area contributed by atoms with Gasteiger partial charge in [-0.25, -0.2) is 4.98 Å². The highest BCUT2D eigenvalue weighted by Gasteiger charge is 2.43. The minimum absolute atomic E-state index is 0.178. The van der Waals surface area contributed by atoms with Crippen molar-refractivity contribution < 1.29 is 14.2 Å². The lowest BCUT2D eigenvalue weighted by Gasteiger charge is -2.26. The fraction of sp³-hybridized carbons (Fsp3) is 0.0455. The molecule has 31 heavy (non-hydrogen) atoms. The number of amidine groups is 1. The molecule has 0 saturated heterocycles. The summed E-state index contributed by atoms with van der Waals surface area (Å²) < 4.78 is -0.178. The van der Waals surface area contributed by atoms with E-state index >= 15 is 0 Å². The molecule has 1 aromatic heterocycles. The number of carbonyl (C=O) groups is 2. The van der Waals surface area contributed by atoms with Gasteiger partial charge in [0.2, 0.25) is 11.6 Å². The molecule has 9 nitrogen and oxygen atoms in total. The molecule has 2 aromatic rings. The molecule has 0 spiro atoms. The van der Waals surface area contributed by atoms with Crippen molar-refractivity contribution in [2.24, 2.45) is 15.8 Å². The number of hydrogen-bond acceptors (Lipinski definition) is 6. The number of carbonyl (C=O) groups excluding carboxylic acids is 2. The largest absolute Gasteiger partial charge is 0.347 e. The minimum Gasteiger partial charge on any atom is -0.347 e. The van der Waals surface area contributed by atoms with Crippen LogP contribution in [0, 0.1) is 0 Å². The van der Waals surface area contributed by atoms with Crippen LogP contribution >= 0.6 is 0 Å². The third-order valence-corrected chi connectivity index (χ3v) is 4.80. The Hall–Kier alpha value is -4.21. The van der Waals surface area contributed by atoms with E-state index in [1.54, 1.807) is 67.3 Å². The Morgan fingerprint density at radius 1 is 1.16 bits per heavy atom. The van der Waals surface area contributed by atoms with Gasteiger partial charge in [0, 0.05) is 11.8 Å². The molecule has 154 valence electrons. The van der Waals surface area contributed by atoms with E-state index in [2.05, 4.69) is 32.2 Å². The molecule has 0 saturated carbocycles. The van der Waals surface area contributed by atoms with Crippen molar-refractivity contribution in [2.75, 3.05) is 11.9 Å². The van der Waals surface area contributed by atoms with Crippen LogP contribution in [0.2, 0.25) is 0 Å². The number of benzene rings is 1. The first-order valence-corrected chi connectivity index (χ1v) is 9.45. The number of fused-ring (bicyclic) bond motifs is 1. The maximum absolute atomic E-state index is 12.5. The molecule has 1 unspecified atom stereocenters. The highest BCUT2D eigenvalue weighted by molar-refractivity contribution is 6.05. The van der Waals surface area contributed by atoms with Gasteiger partial charge >= 0.3 is 0 Å². The van der Waals surface area contributed by atoms with Gasteiger partial charge in [-0.2, -0.15) is 10.8 Å². The lowest BCUT2D eigenvalue weighted by atomic mass is 10.1. The third kappa shape index (κ3) is 3.95. The van der Waals surface area contributed by atoms with Gasteiger partial charge in [-0.05, 0) is 42.5 Å². The van der Waals surface area contributed by atoms with E-state index in [1.807, 2.05) is 0 Å². The molecule has 0 fully saturated rings. The number of nitrogens with two attached hydrogens (primary N) is 1. The van der Waals surface area contributed by atoms with Gasteiger partial charge in [0.15, 0.2) is 0 Å². The average molecular weight is 414 g/mol. The van der Waals surface area contributed by atoms with Gasteiger partial charge in [0.1, 0.15) is 17.7 Å². The third-order valence-electron chi connectivity index (χ3n) is 4.80. The lowest BCUT2D eigenvalue weighted by Crippen LogP contribution is -2.53. The predicted molar refractivity (Wildman–Crippen MR) is 117 cm³/mol. The Labute approximate surface area is 178 Å². The number of aliphatic imine (C=N–C) groups is 2. The topological polar surface area (TPSA) is 122 Å². The van der Waals surface area contributed by atoms with E-state index in [-0.39, 0.29) is 23.0 Å². The molecule has 4 N–H and O–H groups in total. The SMILES string of the molecule is C=CC(=O)NCC1=C2C=NC=C[N+]2(N)C(c2ccc(C(=O)Nc3ccccn3)cc2)=N1. The van der Waals surface area contributed by atoms with Crippen LogP contribution in [0.4, 0.5) is 5.82 Å². The van der Waals surface area contributed by atoms with E-state index in [0.717, 1.165) is 5.56 Å². The van der Waals surface area contributed by atoms with Crippen LogP contribution in [0.15, 0.2) is 95.1 Å². The smallest absolute Gasteiger partial charge is 0.264 e. The molecule has 1 aromatic carbocycles. The lowest BCUT2D eigenvalue weighted by molar-refractivity contribution is -0.750. The maximum Gasteiger partial charge on any atom is 0.264 e. The molecule has 2 amide bonds. The summed E-state index contributed by atoms with van der Waals surface area (Å²) >= 11 is 0. The Bertz CT molecular complexity index is 1160. The number of aromatic nitrogens is 1. The van der Waals surface area contributed by atoms with Crippen LogP contribution in [-0.2, 0) is 4.79 Å². The Morgan fingerprint density at radius 2 is 1.97 bits per heavy atom. The van der Waals surface area contributed by atoms with Crippen molar-refractivity contribution in [3.8, 4) is 0 Å². The molecule has 1 atom stereocenters. The second-order valence-electron chi connectivity index (χ2n) is 6.79. The highest BCUT2D eigenvalue weighted by Crippen LogP contribution is 2.30. The van der Waals surface area contributed by atoms with Gasteiger partial charge in [-0.15, -0.1) is 4.59 Å². The van der Waals surface area contributed by atoms with Crippen molar-refractivity contribution in [3.05, 3.63) is 96.2 Å². The number of nitrogens with zero attached hydrogens (tertiary/aromatic N) is 4. The van der Waals surface area contributed by atoms with Crippen molar-refractivity contribution in [1.29, 1.82) is 0 Å². The average Bonchev–Trinajstić information content (AvgIpc) is 3.10. The van der Waals surface area contributed by atoms with E-state index in [4.69, 9.17) is 5.84 Å². The zero-order valence-electron chi connectivity index (χ0n) is 16.5. The minimum atomic E-state index is -0.307. The normalized spacial score (nSPS) is 18.9. The summed E-state index contributed by atoms with van der Waals surface area (Å²) in [4.78, 5) is 36.9. The molecule has 3 heterocycles. The molecule has 0 radical (unpaired) electrons. The number of pyridine rings is 1. The fourth-order valence-electron chi connectivity index (χ4n) is 3.22. The van der Waals surface area contributed by atoms with Crippen LogP contribution in [0.3, 0.4) is 0 Å². The standard InChI is InChI=1S/C22H19N7O2/c1-2-20(30)26-13-17-18-14-24-11-12-29(18,23)21(27-17)15-6-8-16(9-7-15)22(31)28-19-5-3-4-10-25-19/h2-12,14H,1,13,23H2,(H-,25,26,28,30,31)/p+1. The van der Waals surface area contributed by atoms with Crippen LogP contribution in [0.1, 0.15) is 15.9 Å². The summed E-state index contributed by atoms with van der Waals surface area (Å²) in [5.74, 6) is 7.07. The Kier molecular flexibility index (Phi) is 5.35. The summed E-state index contributed by atoms with van der Waals surface area (Å²) in [5, 5.41) is 5.46. The molecule has 2 aliphatic heterocycles. The zero-order valence-corrected chi connectivity index (χ0v) is 16.5. The van der Waals surface area contributed by atoms with Gasteiger partial charge in [0.25, 0.3) is 11.7 Å². The van der Waals surface area contributed by atoms with E-state index in [1.165, 1.54) is 6.08 Å². The first kappa shape index (κ1) is 20.1. The monoisotopic (exact) mass is 414 g/mol. The number of nitrogens with one attached hydrogen (secondary N) is 2. The number of hydrogen-bond donors (Lipinski definition) is 3. The molecule has 4 rings (SSSR count). The maximum atomic E-state index is 12.5. The summed E-state index contributed by atoms with van der Waals surface area (Å²) in [6.07, 6.45) is 7.73. The number of allylic oxidation sites excluding steroid dienone is 1. The van der Waals surface area contributed by atoms with E-state index in [9.17, 15) is 9.59 Å². The van der Waals surface area contributed by atoms with Crippen LogP contribution in [0.5, 0.6) is 0 Å². The number of anilines is 1. The summed E-state index contributed by atoms with van der Waals surface area (Å²) in [7, 11) is 0. The number of rotatable bonds is 6. The van der Waals surface area contributed by atoms with E-state index in [0.29, 0.717) is 28.6 Å². The quantitative estimate of drug-likeness (QED) is 0.379. The van der Waals surface area contributed by atoms with Crippen molar-refractivity contribution in [3.63, 3.8) is 0 Å². The number of quaternary nitrogens is 1. The highest BCUT2D eigenvalue weighted by atomic mass is 16.2. The summed E-state index contributed by atoms with van der Waals surface area (Å²) in [6, 6.07) is 12.2. The van der Waals surface area contributed by atoms with Crippen LogP contribution in [0.25, 0.3) is 0 Å². The van der Waals surface area contributed by atoms with Gasteiger partial charge in [-0.3, -0.25) is 14.6 Å². The van der Waals surface area contributed by atoms with Gasteiger partial charge in [0.05, 0.1) is 24.5 Å². The zero-order chi connectivity index (χ0) is 21.8. The molecule has 0 aliphatic carbocycles. The van der Waals surface area contributed by atoms with Gasteiger partial charge < -0.3 is 10.6 Å². The molecular formula is C22H20N7O2+. The van der Waals surface area contributed by atoms with Crippen LogP contribution in [-0.4, -0.2) is 40.0 Å². The molecular weight excluding hydrogens is 394 g/mol. The van der Waals surface area contributed by atoms with Crippen molar-refractivity contribution in [1.82, 2.24) is 10.3 Å². The summed E-state index contributed by atoms with van der Waals surface area (Å²) in [5.41, 5.74) is 2.45. The first-order chi connectivity index (χ1) is 15.0. The van der Waals surface area contributed by atoms with E-state index < -0.39 is 0 Å². The predicted octanol–water partition coefficient (Wildman–Crippen LogP) is 1.85. The second kappa shape index (κ2) is 8.27.